The Labute approximate surface area is 119 Å². The van der Waals surface area contributed by atoms with Crippen molar-refractivity contribution in [3.05, 3.63) is 60.2 Å². The van der Waals surface area contributed by atoms with Crippen molar-refractivity contribution in [1.82, 2.24) is 0 Å². The van der Waals surface area contributed by atoms with Crippen molar-refractivity contribution in [3.63, 3.8) is 0 Å². The third kappa shape index (κ3) is 2.90. The first-order valence-corrected chi connectivity index (χ1v) is 7.19. The smallest absolute Gasteiger partial charge is 0.338 e. The number of ether oxygens (including phenoxy) is 1. The number of hydrogen-bond donors (Lipinski definition) is 0. The summed E-state index contributed by atoms with van der Waals surface area (Å²) in [6.45, 7) is 0. The quantitative estimate of drug-likeness (QED) is 0.767. The molecule has 1 aliphatic carbocycles. The van der Waals surface area contributed by atoms with Gasteiger partial charge in [-0.1, -0.05) is 42.5 Å². The molecule has 0 amide bonds. The Morgan fingerprint density at radius 2 is 1.45 bits per heavy atom. The van der Waals surface area contributed by atoms with E-state index in [9.17, 15) is 4.79 Å². The van der Waals surface area contributed by atoms with Gasteiger partial charge < -0.3 is 4.74 Å². The van der Waals surface area contributed by atoms with E-state index in [-0.39, 0.29) is 12.1 Å². The second kappa shape index (κ2) is 5.91. The maximum Gasteiger partial charge on any atom is 0.338 e. The molecule has 0 saturated heterocycles. The van der Waals surface area contributed by atoms with Gasteiger partial charge in [0.25, 0.3) is 0 Å². The van der Waals surface area contributed by atoms with Crippen LogP contribution in [0.4, 0.5) is 0 Å². The minimum atomic E-state index is -0.198. The summed E-state index contributed by atoms with van der Waals surface area (Å²) >= 11 is 0. The van der Waals surface area contributed by atoms with Gasteiger partial charge in [-0.05, 0) is 48.9 Å². The van der Waals surface area contributed by atoms with E-state index in [0.717, 1.165) is 24.0 Å². The van der Waals surface area contributed by atoms with Gasteiger partial charge in [0.05, 0.1) is 5.56 Å². The fourth-order valence-electron chi connectivity index (χ4n) is 2.65. The summed E-state index contributed by atoms with van der Waals surface area (Å²) in [4.78, 5) is 12.0. The van der Waals surface area contributed by atoms with Crippen LogP contribution in [0, 0.1) is 0 Å². The molecule has 0 aromatic heterocycles. The van der Waals surface area contributed by atoms with Crippen molar-refractivity contribution in [2.75, 3.05) is 0 Å². The van der Waals surface area contributed by atoms with Crippen LogP contribution in [0.25, 0.3) is 11.1 Å². The van der Waals surface area contributed by atoms with Gasteiger partial charge in [-0.2, -0.15) is 0 Å². The normalized spacial score (nSPS) is 15.2. The van der Waals surface area contributed by atoms with Crippen molar-refractivity contribution in [2.24, 2.45) is 0 Å². The summed E-state index contributed by atoms with van der Waals surface area (Å²) in [5.41, 5.74) is 2.91. The molecule has 0 spiro atoms. The first kappa shape index (κ1) is 12.9. The molecule has 2 nitrogen and oxygen atoms in total. The number of carbonyl (C=O) groups is 1. The number of esters is 1. The molecule has 0 bridgehead atoms. The molecule has 2 aromatic carbocycles. The zero-order valence-corrected chi connectivity index (χ0v) is 11.4. The predicted octanol–water partition coefficient (Wildman–Crippen LogP) is 4.45. The summed E-state index contributed by atoms with van der Waals surface area (Å²) in [7, 11) is 0. The van der Waals surface area contributed by atoms with Crippen LogP contribution in [0.2, 0.25) is 0 Å². The van der Waals surface area contributed by atoms with E-state index in [0.29, 0.717) is 5.56 Å². The predicted molar refractivity (Wildman–Crippen MR) is 79.5 cm³/mol. The Kier molecular flexibility index (Phi) is 3.82. The Bertz CT molecular complexity index is 566. The fourth-order valence-corrected chi connectivity index (χ4v) is 2.65. The monoisotopic (exact) mass is 266 g/mol. The van der Waals surface area contributed by atoms with Crippen LogP contribution in [-0.4, -0.2) is 12.1 Å². The average Bonchev–Trinajstić information content (AvgIpc) is 3.01. The second-order valence-electron chi connectivity index (χ2n) is 5.26. The molecule has 2 aromatic rings. The number of rotatable bonds is 3. The van der Waals surface area contributed by atoms with Crippen molar-refractivity contribution in [3.8, 4) is 11.1 Å². The molecular formula is C18H18O2. The summed E-state index contributed by atoms with van der Waals surface area (Å²) in [6, 6.07) is 17.8. The van der Waals surface area contributed by atoms with Gasteiger partial charge in [0.2, 0.25) is 0 Å². The minimum Gasteiger partial charge on any atom is -0.459 e. The molecule has 0 unspecified atom stereocenters. The first-order chi connectivity index (χ1) is 9.83. The van der Waals surface area contributed by atoms with E-state index >= 15 is 0 Å². The maximum absolute atomic E-state index is 12.0. The molecule has 0 radical (unpaired) electrons. The van der Waals surface area contributed by atoms with Gasteiger partial charge in [0.15, 0.2) is 0 Å². The Morgan fingerprint density at radius 1 is 0.850 bits per heavy atom. The molecule has 3 rings (SSSR count). The fraction of sp³-hybridized carbons (Fsp3) is 0.278. The maximum atomic E-state index is 12.0. The molecule has 20 heavy (non-hydrogen) atoms. The van der Waals surface area contributed by atoms with E-state index in [4.69, 9.17) is 4.74 Å². The van der Waals surface area contributed by atoms with Gasteiger partial charge in [0, 0.05) is 0 Å². The summed E-state index contributed by atoms with van der Waals surface area (Å²) in [6.07, 6.45) is 4.48. The lowest BCUT2D eigenvalue weighted by Crippen LogP contribution is -2.14. The van der Waals surface area contributed by atoms with Crippen LogP contribution in [0.1, 0.15) is 36.0 Å². The van der Waals surface area contributed by atoms with Crippen LogP contribution in [0.3, 0.4) is 0 Å². The molecule has 102 valence electrons. The molecule has 1 aliphatic rings. The highest BCUT2D eigenvalue weighted by molar-refractivity contribution is 5.90. The summed E-state index contributed by atoms with van der Waals surface area (Å²) in [5, 5.41) is 0. The zero-order valence-electron chi connectivity index (χ0n) is 11.4. The van der Waals surface area contributed by atoms with E-state index < -0.39 is 0 Å². The van der Waals surface area contributed by atoms with Gasteiger partial charge in [-0.15, -0.1) is 0 Å². The van der Waals surface area contributed by atoms with Gasteiger partial charge in [-0.3, -0.25) is 0 Å². The molecule has 2 heteroatoms. The van der Waals surface area contributed by atoms with Crippen LogP contribution < -0.4 is 0 Å². The standard InChI is InChI=1S/C18H18O2/c19-18(20-17-8-4-5-9-17)16-12-10-15(11-13-16)14-6-2-1-3-7-14/h1-3,6-7,10-13,17H,4-5,8-9H2. The number of benzene rings is 2. The highest BCUT2D eigenvalue weighted by Gasteiger charge is 2.19. The second-order valence-corrected chi connectivity index (χ2v) is 5.26. The Morgan fingerprint density at radius 3 is 2.10 bits per heavy atom. The lowest BCUT2D eigenvalue weighted by Gasteiger charge is -2.11. The lowest BCUT2D eigenvalue weighted by atomic mass is 10.0. The SMILES string of the molecule is O=C(OC1CCCC1)c1ccc(-c2ccccc2)cc1. The van der Waals surface area contributed by atoms with Crippen LogP contribution in [0.5, 0.6) is 0 Å². The molecule has 0 heterocycles. The van der Waals surface area contributed by atoms with Crippen LogP contribution in [0.15, 0.2) is 54.6 Å². The molecule has 0 atom stereocenters. The van der Waals surface area contributed by atoms with Crippen molar-refractivity contribution >= 4 is 5.97 Å². The van der Waals surface area contributed by atoms with Crippen LogP contribution in [-0.2, 0) is 4.74 Å². The summed E-state index contributed by atoms with van der Waals surface area (Å²) in [5.74, 6) is -0.198. The van der Waals surface area contributed by atoms with E-state index in [1.165, 1.54) is 12.8 Å². The number of carbonyl (C=O) groups excluding carboxylic acids is 1. The highest BCUT2D eigenvalue weighted by Crippen LogP contribution is 2.23. The minimum absolute atomic E-state index is 0.122. The number of hydrogen-bond acceptors (Lipinski definition) is 2. The topological polar surface area (TPSA) is 26.3 Å². The van der Waals surface area contributed by atoms with Crippen molar-refractivity contribution in [2.45, 2.75) is 31.8 Å². The highest BCUT2D eigenvalue weighted by atomic mass is 16.5. The Hall–Kier alpha value is -2.09. The molecule has 0 aliphatic heterocycles. The van der Waals surface area contributed by atoms with Crippen molar-refractivity contribution in [1.29, 1.82) is 0 Å². The third-order valence-electron chi connectivity index (χ3n) is 3.80. The first-order valence-electron chi connectivity index (χ1n) is 7.19. The van der Waals surface area contributed by atoms with Gasteiger partial charge in [0.1, 0.15) is 6.10 Å². The average molecular weight is 266 g/mol. The van der Waals surface area contributed by atoms with Crippen LogP contribution >= 0.6 is 0 Å². The summed E-state index contributed by atoms with van der Waals surface area (Å²) < 4.78 is 5.50. The van der Waals surface area contributed by atoms with Crippen molar-refractivity contribution < 1.29 is 9.53 Å². The van der Waals surface area contributed by atoms with Gasteiger partial charge in [-0.25, -0.2) is 4.79 Å². The van der Waals surface area contributed by atoms with E-state index in [1.54, 1.807) is 0 Å². The van der Waals surface area contributed by atoms with Gasteiger partial charge >= 0.3 is 5.97 Å². The largest absolute Gasteiger partial charge is 0.459 e. The third-order valence-corrected chi connectivity index (χ3v) is 3.80. The Balaban J connectivity index is 1.71. The lowest BCUT2D eigenvalue weighted by molar-refractivity contribution is 0.0318. The molecule has 1 fully saturated rings. The molecule has 0 N–H and O–H groups in total. The van der Waals surface area contributed by atoms with E-state index in [2.05, 4.69) is 12.1 Å². The van der Waals surface area contributed by atoms with E-state index in [1.807, 2.05) is 42.5 Å². The zero-order chi connectivity index (χ0) is 13.8. The molecular weight excluding hydrogens is 248 g/mol. The molecule has 1 saturated carbocycles.